The van der Waals surface area contributed by atoms with E-state index in [2.05, 4.69) is 53.7 Å². The summed E-state index contributed by atoms with van der Waals surface area (Å²) >= 11 is 0. The molecule has 0 bridgehead atoms. The van der Waals surface area contributed by atoms with E-state index in [4.69, 9.17) is 5.26 Å². The molecule has 0 aromatic rings. The van der Waals surface area contributed by atoms with Gasteiger partial charge in [0.1, 0.15) is 0 Å². The van der Waals surface area contributed by atoms with E-state index in [1.807, 2.05) is 0 Å². The van der Waals surface area contributed by atoms with Crippen molar-refractivity contribution in [3.05, 3.63) is 0 Å². The highest BCUT2D eigenvalue weighted by molar-refractivity contribution is 4.74. The third-order valence-electron chi connectivity index (χ3n) is 5.55. The molecule has 1 fully saturated rings. The second kappa shape index (κ2) is 13.5. The molecule has 0 aromatic heterocycles. The lowest BCUT2D eigenvalue weighted by Gasteiger charge is -2.29. The van der Waals surface area contributed by atoms with Gasteiger partial charge < -0.3 is 19.6 Å². The lowest BCUT2D eigenvalue weighted by molar-refractivity contribution is 0.191. The Balaban J connectivity index is 2.54. The molecule has 0 N–H and O–H groups in total. The van der Waals surface area contributed by atoms with Gasteiger partial charge in [-0.05, 0) is 106 Å². The zero-order chi connectivity index (χ0) is 18.5. The van der Waals surface area contributed by atoms with Crippen molar-refractivity contribution >= 4 is 0 Å². The maximum absolute atomic E-state index is 8.92. The van der Waals surface area contributed by atoms with Gasteiger partial charge in [0, 0.05) is 19.0 Å². The van der Waals surface area contributed by atoms with Crippen molar-refractivity contribution in [3.8, 4) is 6.07 Å². The molecular formula is C20H41N5. The highest BCUT2D eigenvalue weighted by atomic mass is 15.2. The van der Waals surface area contributed by atoms with Crippen LogP contribution >= 0.6 is 0 Å². The zero-order valence-electron chi connectivity index (χ0n) is 17.2. The van der Waals surface area contributed by atoms with E-state index in [-0.39, 0.29) is 0 Å². The average molecular weight is 352 g/mol. The molecule has 1 rings (SSSR count). The Morgan fingerprint density at radius 1 is 0.800 bits per heavy atom. The first-order valence-electron chi connectivity index (χ1n) is 10.2. The Bertz CT molecular complexity index is 368. The lowest BCUT2D eigenvalue weighted by atomic mass is 10.2. The molecule has 0 aliphatic carbocycles. The normalized spacial score (nSPS) is 26.1. The van der Waals surface area contributed by atoms with Crippen LogP contribution in [0, 0.1) is 11.3 Å². The van der Waals surface area contributed by atoms with Gasteiger partial charge in [0.2, 0.25) is 0 Å². The summed E-state index contributed by atoms with van der Waals surface area (Å²) in [6.45, 7) is 11.4. The molecule has 5 nitrogen and oxygen atoms in total. The minimum Gasteiger partial charge on any atom is -0.306 e. The molecule has 5 heteroatoms. The quantitative estimate of drug-likeness (QED) is 0.763. The molecule has 1 unspecified atom stereocenters. The van der Waals surface area contributed by atoms with Crippen molar-refractivity contribution in [1.82, 2.24) is 19.6 Å². The van der Waals surface area contributed by atoms with Crippen LogP contribution in [0.25, 0.3) is 0 Å². The fourth-order valence-corrected chi connectivity index (χ4v) is 3.50. The summed E-state index contributed by atoms with van der Waals surface area (Å²) in [5.41, 5.74) is 0. The predicted octanol–water partition coefficient (Wildman–Crippen LogP) is 2.35. The Morgan fingerprint density at radius 2 is 1.36 bits per heavy atom. The van der Waals surface area contributed by atoms with E-state index in [1.165, 1.54) is 58.3 Å². The molecule has 0 saturated carbocycles. The van der Waals surface area contributed by atoms with Gasteiger partial charge in [-0.2, -0.15) is 5.26 Å². The van der Waals surface area contributed by atoms with E-state index < -0.39 is 0 Å². The summed E-state index contributed by atoms with van der Waals surface area (Å²) in [6, 6.07) is 2.91. The van der Waals surface area contributed by atoms with Crippen molar-refractivity contribution in [2.24, 2.45) is 0 Å². The number of hydrogen-bond acceptors (Lipinski definition) is 5. The summed E-state index contributed by atoms with van der Waals surface area (Å²) in [6.07, 6.45) is 6.86. The largest absolute Gasteiger partial charge is 0.306 e. The van der Waals surface area contributed by atoms with Gasteiger partial charge in [0.05, 0.1) is 6.07 Å². The first-order chi connectivity index (χ1) is 12.0. The van der Waals surface area contributed by atoms with Gasteiger partial charge in [-0.25, -0.2) is 0 Å². The Labute approximate surface area is 156 Å². The molecule has 0 aromatic carbocycles. The number of nitriles is 1. The van der Waals surface area contributed by atoms with Crippen LogP contribution < -0.4 is 0 Å². The minimum absolute atomic E-state index is 0.605. The first-order valence-corrected chi connectivity index (χ1v) is 10.2. The Morgan fingerprint density at radius 3 is 1.96 bits per heavy atom. The van der Waals surface area contributed by atoms with Crippen LogP contribution in [-0.2, 0) is 0 Å². The van der Waals surface area contributed by atoms with Gasteiger partial charge in [0.15, 0.2) is 0 Å². The van der Waals surface area contributed by atoms with Crippen LogP contribution in [0.15, 0.2) is 0 Å². The minimum atomic E-state index is 0.605. The van der Waals surface area contributed by atoms with E-state index in [0.29, 0.717) is 12.5 Å². The van der Waals surface area contributed by atoms with Gasteiger partial charge in [0.25, 0.3) is 0 Å². The van der Waals surface area contributed by atoms with Crippen molar-refractivity contribution < 1.29 is 0 Å². The number of rotatable bonds is 2. The second-order valence-corrected chi connectivity index (χ2v) is 7.89. The fraction of sp³-hybridized carbons (Fsp3) is 0.950. The lowest BCUT2D eigenvalue weighted by Crippen LogP contribution is -2.36. The van der Waals surface area contributed by atoms with Crippen LogP contribution in [0.2, 0.25) is 0 Å². The van der Waals surface area contributed by atoms with E-state index >= 15 is 0 Å². The van der Waals surface area contributed by atoms with E-state index in [9.17, 15) is 0 Å². The highest BCUT2D eigenvalue weighted by Gasteiger charge is 2.13. The maximum atomic E-state index is 8.92. The predicted molar refractivity (Wildman–Crippen MR) is 107 cm³/mol. The second-order valence-electron chi connectivity index (χ2n) is 7.89. The molecule has 0 radical (unpaired) electrons. The third-order valence-corrected chi connectivity index (χ3v) is 5.55. The van der Waals surface area contributed by atoms with Gasteiger partial charge in [-0.1, -0.05) is 0 Å². The zero-order valence-corrected chi connectivity index (χ0v) is 17.2. The SMILES string of the molecule is CC1CCN(CCC#N)CCCN(C)CCCCN(C)CCCN1C. The molecule has 146 valence electrons. The van der Waals surface area contributed by atoms with E-state index in [0.717, 1.165) is 26.2 Å². The topological polar surface area (TPSA) is 36.8 Å². The van der Waals surface area contributed by atoms with Crippen LogP contribution in [0.3, 0.4) is 0 Å². The fourth-order valence-electron chi connectivity index (χ4n) is 3.50. The number of nitrogens with zero attached hydrogens (tertiary/aromatic N) is 5. The molecule has 1 aliphatic heterocycles. The van der Waals surface area contributed by atoms with Gasteiger partial charge in [-0.15, -0.1) is 0 Å². The molecule has 1 atom stereocenters. The Hall–Kier alpha value is -0.670. The van der Waals surface area contributed by atoms with Crippen molar-refractivity contribution in [1.29, 1.82) is 5.26 Å². The van der Waals surface area contributed by atoms with Crippen molar-refractivity contribution in [2.45, 2.75) is 51.5 Å². The summed E-state index contributed by atoms with van der Waals surface area (Å²) in [4.78, 5) is 9.95. The molecule has 1 aliphatic rings. The van der Waals surface area contributed by atoms with Crippen molar-refractivity contribution in [2.75, 3.05) is 73.5 Å². The molecule has 1 heterocycles. The van der Waals surface area contributed by atoms with E-state index in [1.54, 1.807) is 0 Å². The standard InChI is InChI=1S/C20H41N5/c1-20-10-19-25(17-7-11-21)18-9-15-23(3)13-6-5-12-22(2)14-8-16-24(20)4/h20H,5-10,12-19H2,1-4H3. The highest BCUT2D eigenvalue weighted by Crippen LogP contribution is 2.07. The molecule has 1 saturated heterocycles. The smallest absolute Gasteiger partial charge is 0.0635 e. The van der Waals surface area contributed by atoms with Gasteiger partial charge in [-0.3, -0.25) is 0 Å². The third kappa shape index (κ3) is 10.8. The Kier molecular flexibility index (Phi) is 12.1. The number of hydrogen-bond donors (Lipinski definition) is 0. The first kappa shape index (κ1) is 22.4. The van der Waals surface area contributed by atoms with Crippen molar-refractivity contribution in [3.63, 3.8) is 0 Å². The molecule has 25 heavy (non-hydrogen) atoms. The summed E-state index contributed by atoms with van der Waals surface area (Å²) in [5.74, 6) is 0. The van der Waals surface area contributed by atoms with Crippen LogP contribution in [0.4, 0.5) is 0 Å². The summed E-state index contributed by atoms with van der Waals surface area (Å²) < 4.78 is 0. The molecular weight excluding hydrogens is 310 g/mol. The summed E-state index contributed by atoms with van der Waals surface area (Å²) in [7, 11) is 6.76. The maximum Gasteiger partial charge on any atom is 0.0635 e. The summed E-state index contributed by atoms with van der Waals surface area (Å²) in [5, 5.41) is 8.92. The average Bonchev–Trinajstić information content (AvgIpc) is 2.59. The van der Waals surface area contributed by atoms with Crippen LogP contribution in [0.1, 0.15) is 45.4 Å². The van der Waals surface area contributed by atoms with Gasteiger partial charge >= 0.3 is 0 Å². The molecule has 0 spiro atoms. The van der Waals surface area contributed by atoms with Crippen LogP contribution in [0.5, 0.6) is 0 Å². The molecule has 0 amide bonds. The monoisotopic (exact) mass is 351 g/mol. The van der Waals surface area contributed by atoms with Crippen LogP contribution in [-0.4, -0.2) is 99.1 Å².